The fourth-order valence-corrected chi connectivity index (χ4v) is 1.12. The van der Waals surface area contributed by atoms with Crippen LogP contribution < -0.4 is 0 Å². The van der Waals surface area contributed by atoms with Crippen LogP contribution in [0.5, 0.6) is 0 Å². The maximum atomic E-state index is 5.29. The van der Waals surface area contributed by atoms with Gasteiger partial charge in [0.25, 0.3) is 0 Å². The number of rotatable bonds is 5. The van der Waals surface area contributed by atoms with Gasteiger partial charge in [0.1, 0.15) is 0 Å². The Labute approximate surface area is 94.5 Å². The molecule has 0 heteroatoms. The highest BCUT2D eigenvalue weighted by molar-refractivity contribution is 5.06. The summed E-state index contributed by atoms with van der Waals surface area (Å²) in [5.74, 6) is 6.16. The number of terminal acetylenes is 2. The van der Waals surface area contributed by atoms with Gasteiger partial charge >= 0.3 is 0 Å². The average Bonchev–Trinajstić information content (AvgIpc) is 2.23. The summed E-state index contributed by atoms with van der Waals surface area (Å²) in [7, 11) is 0. The molecule has 0 N–H and O–H groups in total. The molecule has 0 fully saturated rings. The Kier molecular flexibility index (Phi) is 7.27. The fourth-order valence-electron chi connectivity index (χ4n) is 1.12. The van der Waals surface area contributed by atoms with Crippen LogP contribution in [0.4, 0.5) is 0 Å². The summed E-state index contributed by atoms with van der Waals surface area (Å²) in [6.45, 7) is 6.26. The lowest BCUT2D eigenvalue weighted by atomic mass is 10.00. The van der Waals surface area contributed by atoms with Crippen LogP contribution in [0, 0.1) is 36.5 Å². The Hall–Kier alpha value is -1.36. The van der Waals surface area contributed by atoms with Crippen molar-refractivity contribution < 1.29 is 0 Å². The molecule has 0 aromatic heterocycles. The first-order valence-electron chi connectivity index (χ1n) is 5.43. The van der Waals surface area contributed by atoms with Gasteiger partial charge in [-0.1, -0.05) is 13.8 Å². The molecule has 0 radical (unpaired) electrons. The van der Waals surface area contributed by atoms with Crippen LogP contribution in [-0.4, -0.2) is 0 Å². The van der Waals surface area contributed by atoms with Crippen molar-refractivity contribution in [1.29, 1.82) is 0 Å². The van der Waals surface area contributed by atoms with E-state index in [0.29, 0.717) is 11.8 Å². The molecule has 0 aliphatic rings. The lowest BCUT2D eigenvalue weighted by Gasteiger charge is -2.04. The molecular weight excluding hydrogens is 180 g/mol. The maximum absolute atomic E-state index is 5.29. The van der Waals surface area contributed by atoms with Crippen molar-refractivity contribution in [3.05, 3.63) is 17.4 Å². The Bertz CT molecular complexity index is 313. The number of allylic oxidation sites excluding steroid dienone is 1. The Balaban J connectivity index is 4.08. The van der Waals surface area contributed by atoms with Crippen molar-refractivity contribution >= 4 is 0 Å². The normalized spacial score (nSPS) is 12.9. The summed E-state index contributed by atoms with van der Waals surface area (Å²) in [5, 5.41) is 0. The molecular formula is C15H20. The van der Waals surface area contributed by atoms with Crippen molar-refractivity contribution in [2.45, 2.75) is 40.0 Å². The van der Waals surface area contributed by atoms with Crippen LogP contribution in [-0.2, 0) is 0 Å². The molecule has 0 aromatic carbocycles. The van der Waals surface area contributed by atoms with E-state index in [1.165, 1.54) is 5.57 Å². The molecule has 0 amide bonds. The molecule has 0 aliphatic heterocycles. The summed E-state index contributed by atoms with van der Waals surface area (Å²) in [6.07, 6.45) is 15.4. The van der Waals surface area contributed by atoms with Crippen LogP contribution >= 0.6 is 0 Å². The predicted octanol–water partition coefficient (Wildman–Crippen LogP) is 3.80. The van der Waals surface area contributed by atoms with E-state index in [1.54, 1.807) is 0 Å². The van der Waals surface area contributed by atoms with Crippen LogP contribution in [0.25, 0.3) is 0 Å². The number of hydrogen-bond acceptors (Lipinski definition) is 0. The summed E-state index contributed by atoms with van der Waals surface area (Å²) in [4.78, 5) is 0. The SMILES string of the molecule is C#CCC(C)C(C)=C=CCCC(C)C#C. The Morgan fingerprint density at radius 2 is 2.00 bits per heavy atom. The van der Waals surface area contributed by atoms with Crippen molar-refractivity contribution in [1.82, 2.24) is 0 Å². The van der Waals surface area contributed by atoms with E-state index in [-0.39, 0.29) is 0 Å². The van der Waals surface area contributed by atoms with Crippen molar-refractivity contribution in [3.8, 4) is 24.7 Å². The van der Waals surface area contributed by atoms with Gasteiger partial charge in [0.15, 0.2) is 0 Å². The first-order chi connectivity index (χ1) is 7.11. The summed E-state index contributed by atoms with van der Waals surface area (Å²) < 4.78 is 0. The second-order valence-electron chi connectivity index (χ2n) is 3.99. The summed E-state index contributed by atoms with van der Waals surface area (Å²) >= 11 is 0. The zero-order valence-electron chi connectivity index (χ0n) is 10.0. The van der Waals surface area contributed by atoms with Crippen LogP contribution in [0.15, 0.2) is 17.4 Å². The van der Waals surface area contributed by atoms with Gasteiger partial charge in [-0.25, -0.2) is 0 Å². The smallest absolute Gasteiger partial charge is 0.0175 e. The Morgan fingerprint density at radius 3 is 2.53 bits per heavy atom. The quantitative estimate of drug-likeness (QED) is 0.468. The van der Waals surface area contributed by atoms with E-state index in [4.69, 9.17) is 12.8 Å². The minimum absolute atomic E-state index is 0.353. The van der Waals surface area contributed by atoms with Gasteiger partial charge in [0, 0.05) is 12.3 Å². The zero-order valence-corrected chi connectivity index (χ0v) is 10.0. The largest absolute Gasteiger partial charge is 0.126 e. The van der Waals surface area contributed by atoms with E-state index in [2.05, 4.69) is 44.4 Å². The molecule has 0 spiro atoms. The third-order valence-corrected chi connectivity index (χ3v) is 2.52. The van der Waals surface area contributed by atoms with Crippen LogP contribution in [0.3, 0.4) is 0 Å². The minimum Gasteiger partial charge on any atom is -0.126 e. The van der Waals surface area contributed by atoms with E-state index in [9.17, 15) is 0 Å². The zero-order chi connectivity index (χ0) is 11.7. The highest BCUT2D eigenvalue weighted by Crippen LogP contribution is 2.12. The summed E-state index contributed by atoms with van der Waals surface area (Å²) in [5.41, 5.74) is 4.50. The van der Waals surface area contributed by atoms with Gasteiger partial charge in [0.2, 0.25) is 0 Å². The number of hydrogen-bond donors (Lipinski definition) is 0. The first kappa shape index (κ1) is 13.6. The molecule has 0 rings (SSSR count). The first-order valence-corrected chi connectivity index (χ1v) is 5.43. The van der Waals surface area contributed by atoms with Crippen molar-refractivity contribution in [2.24, 2.45) is 11.8 Å². The van der Waals surface area contributed by atoms with E-state index in [0.717, 1.165) is 19.3 Å². The second kappa shape index (κ2) is 7.99. The molecule has 2 unspecified atom stereocenters. The second-order valence-corrected chi connectivity index (χ2v) is 3.99. The molecule has 2 atom stereocenters. The molecule has 0 saturated heterocycles. The molecule has 0 aliphatic carbocycles. The van der Waals surface area contributed by atoms with Gasteiger partial charge in [0.05, 0.1) is 0 Å². The minimum atomic E-state index is 0.353. The predicted molar refractivity (Wildman–Crippen MR) is 67.1 cm³/mol. The molecule has 0 aromatic rings. The molecule has 0 saturated carbocycles. The average molecular weight is 200 g/mol. The molecule has 0 bridgehead atoms. The van der Waals surface area contributed by atoms with Gasteiger partial charge in [-0.05, 0) is 37.3 Å². The molecule has 80 valence electrons. The van der Waals surface area contributed by atoms with Gasteiger partial charge in [-0.15, -0.1) is 30.4 Å². The van der Waals surface area contributed by atoms with Crippen molar-refractivity contribution in [2.75, 3.05) is 0 Å². The highest BCUT2D eigenvalue weighted by Gasteiger charge is 2.00. The molecule has 0 heterocycles. The topological polar surface area (TPSA) is 0 Å². The Morgan fingerprint density at radius 1 is 1.33 bits per heavy atom. The maximum Gasteiger partial charge on any atom is 0.0175 e. The van der Waals surface area contributed by atoms with Gasteiger partial charge in [-0.3, -0.25) is 0 Å². The summed E-state index contributed by atoms with van der Waals surface area (Å²) in [6, 6.07) is 0. The van der Waals surface area contributed by atoms with Gasteiger partial charge < -0.3 is 0 Å². The van der Waals surface area contributed by atoms with E-state index in [1.807, 2.05) is 0 Å². The van der Waals surface area contributed by atoms with Gasteiger partial charge in [-0.2, -0.15) is 0 Å². The lowest BCUT2D eigenvalue weighted by molar-refractivity contribution is 0.678. The van der Waals surface area contributed by atoms with Crippen LogP contribution in [0.1, 0.15) is 40.0 Å². The monoisotopic (exact) mass is 200 g/mol. The van der Waals surface area contributed by atoms with E-state index >= 15 is 0 Å². The standard InChI is InChI=1S/C15H20/c1-6-10-14(4)15(5)12-9-8-11-13(3)7-2/h1-2,9,13-14H,8,10-11H2,3-5H3. The highest BCUT2D eigenvalue weighted by atomic mass is 14.0. The third-order valence-electron chi connectivity index (χ3n) is 2.52. The van der Waals surface area contributed by atoms with E-state index < -0.39 is 0 Å². The molecule has 15 heavy (non-hydrogen) atoms. The molecule has 0 nitrogen and oxygen atoms in total. The third kappa shape index (κ3) is 6.68. The fraction of sp³-hybridized carbons (Fsp3) is 0.533. The van der Waals surface area contributed by atoms with Crippen molar-refractivity contribution in [3.63, 3.8) is 0 Å². The lowest BCUT2D eigenvalue weighted by Crippen LogP contribution is -1.92. The van der Waals surface area contributed by atoms with Crippen LogP contribution in [0.2, 0.25) is 0 Å².